The van der Waals surface area contributed by atoms with Crippen molar-refractivity contribution in [2.75, 3.05) is 13.2 Å². The number of piperidine rings is 1. The van der Waals surface area contributed by atoms with Gasteiger partial charge < -0.3 is 9.47 Å². The molecule has 1 aromatic carbocycles. The van der Waals surface area contributed by atoms with Gasteiger partial charge in [-0.05, 0) is 48.8 Å². The van der Waals surface area contributed by atoms with Gasteiger partial charge in [0.25, 0.3) is 11.8 Å². The predicted molar refractivity (Wildman–Crippen MR) is 101 cm³/mol. The van der Waals surface area contributed by atoms with E-state index in [0.29, 0.717) is 30.2 Å². The largest absolute Gasteiger partial charge is 0.473 e. The zero-order valence-electron chi connectivity index (χ0n) is 14.5. The van der Waals surface area contributed by atoms with E-state index >= 15 is 0 Å². The second-order valence-corrected chi connectivity index (χ2v) is 8.73. The van der Waals surface area contributed by atoms with Crippen LogP contribution in [0.1, 0.15) is 43.6 Å². The van der Waals surface area contributed by atoms with Gasteiger partial charge >= 0.3 is 0 Å². The Labute approximate surface area is 162 Å². The minimum Gasteiger partial charge on any atom is -0.473 e. The van der Waals surface area contributed by atoms with E-state index in [1.54, 1.807) is 0 Å². The third-order valence-corrected chi connectivity index (χ3v) is 6.65. The van der Waals surface area contributed by atoms with Crippen molar-refractivity contribution in [1.82, 2.24) is 14.1 Å². The average Bonchev–Trinajstić information content (AvgIpc) is 3.09. The van der Waals surface area contributed by atoms with Crippen LogP contribution in [0.2, 0.25) is 5.02 Å². The molecule has 3 aliphatic rings. The van der Waals surface area contributed by atoms with Gasteiger partial charge in [0.15, 0.2) is 5.72 Å². The molecule has 1 aliphatic heterocycles. The van der Waals surface area contributed by atoms with Crippen molar-refractivity contribution < 1.29 is 9.47 Å². The molecule has 1 saturated heterocycles. The van der Waals surface area contributed by atoms with Gasteiger partial charge in [0, 0.05) is 30.3 Å². The van der Waals surface area contributed by atoms with Gasteiger partial charge in [-0.2, -0.15) is 0 Å². The van der Waals surface area contributed by atoms with Crippen molar-refractivity contribution in [3.63, 3.8) is 0 Å². The summed E-state index contributed by atoms with van der Waals surface area (Å²) in [5.41, 5.74) is 1.02. The number of nitrogens with one attached hydrogen (secondary N) is 1. The molecule has 3 unspecified atom stereocenters. The second kappa shape index (κ2) is 6.66. The zero-order valence-corrected chi connectivity index (χ0v) is 16.1. The summed E-state index contributed by atoms with van der Waals surface area (Å²) in [6.45, 7) is 1.63. The van der Waals surface area contributed by atoms with Crippen LogP contribution >= 0.6 is 23.3 Å². The Kier molecular flexibility index (Phi) is 4.30. The lowest BCUT2D eigenvalue weighted by Gasteiger charge is -2.27. The second-order valence-electron chi connectivity index (χ2n) is 7.77. The van der Waals surface area contributed by atoms with Crippen LogP contribution in [0.3, 0.4) is 0 Å². The van der Waals surface area contributed by atoms with Crippen LogP contribution in [0.4, 0.5) is 0 Å². The molecule has 0 amide bonds. The van der Waals surface area contributed by atoms with Gasteiger partial charge in [0.05, 0.1) is 18.3 Å². The minimum atomic E-state index is -0.259. The lowest BCUT2D eigenvalue weighted by atomic mass is 9.95. The number of fused-ring (bicyclic) bond motifs is 2. The summed E-state index contributed by atoms with van der Waals surface area (Å²) in [5, 5.41) is 4.27. The summed E-state index contributed by atoms with van der Waals surface area (Å²) in [6.07, 6.45) is 5.82. The molecular weight excluding hydrogens is 370 g/mol. The van der Waals surface area contributed by atoms with Crippen LogP contribution in [0.5, 0.6) is 11.8 Å². The molecule has 7 heteroatoms. The summed E-state index contributed by atoms with van der Waals surface area (Å²) in [4.78, 5) is 0. The molecule has 26 heavy (non-hydrogen) atoms. The number of nitrogens with zero attached hydrogens (tertiary/aromatic N) is 2. The molecule has 1 N–H and O–H groups in total. The maximum Gasteiger partial charge on any atom is 0.292 e. The Bertz CT molecular complexity index is 769. The number of rotatable bonds is 7. The standard InChI is InChI=1S/C19H22ClN3O2S/c20-15-5-3-14(4-6-15)16(13-1-2-13)11-24-17-18(23-26-22-17)25-19-8-7-12(9-19)10-21-19/h3-6,12-13,16,21H,1-2,7-11H2. The number of halogens is 1. The van der Waals surface area contributed by atoms with Crippen molar-refractivity contribution >= 4 is 23.3 Å². The minimum absolute atomic E-state index is 0.259. The fourth-order valence-electron chi connectivity index (χ4n) is 4.29. The molecule has 0 radical (unpaired) electrons. The molecule has 2 bridgehead atoms. The first-order valence-corrected chi connectivity index (χ1v) is 10.5. The fraction of sp³-hybridized carbons (Fsp3) is 0.579. The summed E-state index contributed by atoms with van der Waals surface area (Å²) >= 11 is 7.18. The molecule has 138 valence electrons. The maximum absolute atomic E-state index is 6.24. The van der Waals surface area contributed by atoms with Crippen molar-refractivity contribution in [2.45, 2.75) is 43.7 Å². The molecular formula is C19H22ClN3O2S. The first-order valence-electron chi connectivity index (χ1n) is 9.36. The van der Waals surface area contributed by atoms with Gasteiger partial charge in [-0.3, -0.25) is 5.32 Å². The van der Waals surface area contributed by atoms with Gasteiger partial charge in [-0.15, -0.1) is 8.75 Å². The van der Waals surface area contributed by atoms with E-state index in [9.17, 15) is 0 Å². The SMILES string of the molecule is Clc1ccc(C(COc2nsnc2OC23CCC(CN2)C3)C2CC2)cc1. The molecule has 2 aromatic rings. The van der Waals surface area contributed by atoms with E-state index in [1.807, 2.05) is 12.1 Å². The first kappa shape index (κ1) is 16.8. The molecule has 3 atom stereocenters. The highest BCUT2D eigenvalue weighted by atomic mass is 35.5. The van der Waals surface area contributed by atoms with E-state index in [-0.39, 0.29) is 5.72 Å². The van der Waals surface area contributed by atoms with Crippen LogP contribution in [0.15, 0.2) is 24.3 Å². The number of hydrogen-bond acceptors (Lipinski definition) is 6. The molecule has 2 saturated carbocycles. The Morgan fingerprint density at radius 3 is 2.65 bits per heavy atom. The number of aromatic nitrogens is 2. The van der Waals surface area contributed by atoms with Gasteiger partial charge in [-0.1, -0.05) is 23.7 Å². The van der Waals surface area contributed by atoms with E-state index in [4.69, 9.17) is 21.1 Å². The molecule has 2 heterocycles. The number of hydrogen-bond donors (Lipinski definition) is 1. The lowest BCUT2D eigenvalue weighted by molar-refractivity contribution is 0.0474. The van der Waals surface area contributed by atoms with Crippen LogP contribution < -0.4 is 14.8 Å². The summed E-state index contributed by atoms with van der Waals surface area (Å²) in [5.74, 6) is 2.84. The number of benzene rings is 1. The van der Waals surface area contributed by atoms with E-state index in [2.05, 4.69) is 26.2 Å². The molecule has 1 aromatic heterocycles. The van der Waals surface area contributed by atoms with Crippen LogP contribution in [-0.4, -0.2) is 27.6 Å². The lowest BCUT2D eigenvalue weighted by Crippen LogP contribution is -2.45. The maximum atomic E-state index is 6.24. The first-order chi connectivity index (χ1) is 12.7. The summed E-state index contributed by atoms with van der Waals surface area (Å²) in [6, 6.07) is 8.11. The van der Waals surface area contributed by atoms with Crippen molar-refractivity contribution in [1.29, 1.82) is 0 Å². The van der Waals surface area contributed by atoms with E-state index < -0.39 is 0 Å². The fourth-order valence-corrected chi connectivity index (χ4v) is 4.85. The molecule has 2 aliphatic carbocycles. The molecule has 5 nitrogen and oxygen atoms in total. The van der Waals surface area contributed by atoms with Crippen molar-refractivity contribution in [3.8, 4) is 11.8 Å². The Morgan fingerprint density at radius 2 is 2.00 bits per heavy atom. The highest BCUT2D eigenvalue weighted by Gasteiger charge is 2.47. The van der Waals surface area contributed by atoms with Gasteiger partial charge in [0.1, 0.15) is 0 Å². The van der Waals surface area contributed by atoms with Crippen molar-refractivity contribution in [2.24, 2.45) is 11.8 Å². The summed E-state index contributed by atoms with van der Waals surface area (Å²) < 4.78 is 21.0. The monoisotopic (exact) mass is 391 g/mol. The van der Waals surface area contributed by atoms with Crippen LogP contribution in [-0.2, 0) is 0 Å². The predicted octanol–water partition coefficient (Wildman–Crippen LogP) is 4.24. The van der Waals surface area contributed by atoms with Gasteiger partial charge in [0.2, 0.25) is 0 Å². The normalized spacial score (nSPS) is 28.3. The van der Waals surface area contributed by atoms with E-state index in [1.165, 1.54) is 24.8 Å². The van der Waals surface area contributed by atoms with Gasteiger partial charge in [-0.25, -0.2) is 0 Å². The highest BCUT2D eigenvalue weighted by molar-refractivity contribution is 6.99. The van der Waals surface area contributed by atoms with Crippen LogP contribution in [0, 0.1) is 11.8 Å². The highest BCUT2D eigenvalue weighted by Crippen LogP contribution is 2.45. The zero-order chi connectivity index (χ0) is 17.6. The van der Waals surface area contributed by atoms with Crippen LogP contribution in [0.25, 0.3) is 0 Å². The summed E-state index contributed by atoms with van der Waals surface area (Å²) in [7, 11) is 0. The molecule has 0 spiro atoms. The molecule has 3 fully saturated rings. The van der Waals surface area contributed by atoms with Crippen molar-refractivity contribution in [3.05, 3.63) is 34.9 Å². The van der Waals surface area contributed by atoms with E-state index in [0.717, 1.165) is 42.1 Å². The Hall–Kier alpha value is -1.37. The molecule has 5 rings (SSSR count). The quantitative estimate of drug-likeness (QED) is 0.764. The Morgan fingerprint density at radius 1 is 1.19 bits per heavy atom. The number of ether oxygens (including phenoxy) is 2. The third kappa shape index (κ3) is 3.30. The smallest absolute Gasteiger partial charge is 0.292 e. The Balaban J connectivity index is 1.28. The average molecular weight is 392 g/mol. The third-order valence-electron chi connectivity index (χ3n) is 5.90. The topological polar surface area (TPSA) is 56.3 Å².